The maximum absolute atomic E-state index is 14.9. The van der Waals surface area contributed by atoms with Gasteiger partial charge in [-0.2, -0.15) is 0 Å². The molecule has 0 bridgehead atoms. The molecule has 0 saturated heterocycles. The highest BCUT2D eigenvalue weighted by molar-refractivity contribution is 7.92. The monoisotopic (exact) mass is 559 g/mol. The van der Waals surface area contributed by atoms with Crippen LogP contribution in [0.5, 0.6) is 0 Å². The van der Waals surface area contributed by atoms with Gasteiger partial charge in [-0.3, -0.25) is 13.9 Å². The smallest absolute Gasteiger partial charge is 0.264 e. The van der Waals surface area contributed by atoms with Gasteiger partial charge < -0.3 is 10.2 Å². The predicted octanol–water partition coefficient (Wildman–Crippen LogP) is 5.01. The molecular weight excluding hydrogens is 529 g/mol. The standard InChI is InChI=1S/C28H31ClFN3O4S/c1-3-4-18-31-28(35)21(2)32(19-22-14-16-23(29)17-15-22)27(34)20-33(26-13-9-8-12-25(26)30)38(36,37)24-10-6-5-7-11-24/h5-17,21H,3-4,18-20H2,1-2H3,(H,31,35)/t21-/m0/s1. The first-order chi connectivity index (χ1) is 18.1. The quantitative estimate of drug-likeness (QED) is 0.316. The Labute approximate surface area is 228 Å². The van der Waals surface area contributed by atoms with Crippen molar-refractivity contribution in [1.82, 2.24) is 10.2 Å². The van der Waals surface area contributed by atoms with Gasteiger partial charge in [-0.15, -0.1) is 0 Å². The van der Waals surface area contributed by atoms with Crippen molar-refractivity contribution in [3.8, 4) is 0 Å². The van der Waals surface area contributed by atoms with Crippen molar-refractivity contribution < 1.29 is 22.4 Å². The maximum Gasteiger partial charge on any atom is 0.264 e. The Kier molecular flexibility index (Phi) is 10.3. The number of anilines is 1. The Morgan fingerprint density at radius 3 is 2.24 bits per heavy atom. The summed E-state index contributed by atoms with van der Waals surface area (Å²) in [7, 11) is -4.32. The molecule has 202 valence electrons. The number of para-hydroxylation sites is 1. The lowest BCUT2D eigenvalue weighted by Gasteiger charge is -2.32. The van der Waals surface area contributed by atoms with Gasteiger partial charge in [-0.1, -0.05) is 67.4 Å². The number of carbonyl (C=O) groups is 2. The van der Waals surface area contributed by atoms with Crippen molar-refractivity contribution in [3.05, 3.63) is 95.3 Å². The third kappa shape index (κ3) is 7.33. The lowest BCUT2D eigenvalue weighted by molar-refractivity contribution is -0.139. The van der Waals surface area contributed by atoms with Gasteiger partial charge in [0.1, 0.15) is 18.4 Å². The molecule has 10 heteroatoms. The summed E-state index contributed by atoms with van der Waals surface area (Å²) in [4.78, 5) is 27.9. The molecule has 0 aliphatic rings. The summed E-state index contributed by atoms with van der Waals surface area (Å²) in [6.45, 7) is 3.34. The molecule has 3 rings (SSSR count). The Bertz CT molecular complexity index is 1340. The minimum absolute atomic E-state index is 0.0227. The molecule has 1 N–H and O–H groups in total. The van der Waals surface area contributed by atoms with E-state index in [-0.39, 0.29) is 23.0 Å². The predicted molar refractivity (Wildman–Crippen MR) is 147 cm³/mol. The first-order valence-electron chi connectivity index (χ1n) is 12.3. The Morgan fingerprint density at radius 2 is 1.61 bits per heavy atom. The van der Waals surface area contributed by atoms with Crippen molar-refractivity contribution in [1.29, 1.82) is 0 Å². The molecule has 0 aliphatic carbocycles. The highest BCUT2D eigenvalue weighted by atomic mass is 35.5. The van der Waals surface area contributed by atoms with E-state index in [1.165, 1.54) is 35.2 Å². The normalized spacial score (nSPS) is 12.0. The second-order valence-corrected chi connectivity index (χ2v) is 11.0. The van der Waals surface area contributed by atoms with Crippen LogP contribution in [0.3, 0.4) is 0 Å². The number of carbonyl (C=O) groups excluding carboxylic acids is 2. The highest BCUT2D eigenvalue weighted by Crippen LogP contribution is 2.27. The average Bonchev–Trinajstić information content (AvgIpc) is 2.92. The number of benzene rings is 3. The second kappa shape index (κ2) is 13.4. The fourth-order valence-electron chi connectivity index (χ4n) is 3.79. The maximum atomic E-state index is 14.9. The molecule has 7 nitrogen and oxygen atoms in total. The van der Waals surface area contributed by atoms with Crippen LogP contribution in [0.25, 0.3) is 0 Å². The zero-order valence-corrected chi connectivity index (χ0v) is 22.9. The number of sulfonamides is 1. The van der Waals surface area contributed by atoms with Crippen LogP contribution < -0.4 is 9.62 Å². The summed E-state index contributed by atoms with van der Waals surface area (Å²) in [5.74, 6) is -1.83. The van der Waals surface area contributed by atoms with Gasteiger partial charge in [0.25, 0.3) is 10.0 Å². The van der Waals surface area contributed by atoms with Crippen molar-refractivity contribution in [3.63, 3.8) is 0 Å². The minimum Gasteiger partial charge on any atom is -0.354 e. The van der Waals surface area contributed by atoms with E-state index < -0.39 is 34.3 Å². The van der Waals surface area contributed by atoms with Crippen LogP contribution in [-0.4, -0.2) is 44.3 Å². The molecule has 3 aromatic rings. The molecule has 0 heterocycles. The van der Waals surface area contributed by atoms with E-state index >= 15 is 0 Å². The number of nitrogens with one attached hydrogen (secondary N) is 1. The van der Waals surface area contributed by atoms with Crippen molar-refractivity contribution in [2.24, 2.45) is 0 Å². The number of unbranched alkanes of at least 4 members (excludes halogenated alkanes) is 1. The van der Waals surface area contributed by atoms with Crippen molar-refractivity contribution >= 4 is 39.1 Å². The third-order valence-corrected chi connectivity index (χ3v) is 8.02. The van der Waals surface area contributed by atoms with Gasteiger partial charge in [-0.05, 0) is 55.3 Å². The molecule has 0 fully saturated rings. The molecule has 0 unspecified atom stereocenters. The highest BCUT2D eigenvalue weighted by Gasteiger charge is 2.33. The van der Waals surface area contributed by atoms with E-state index in [1.54, 1.807) is 49.4 Å². The number of amides is 2. The molecule has 1 atom stereocenters. The number of nitrogens with zero attached hydrogens (tertiary/aromatic N) is 2. The largest absolute Gasteiger partial charge is 0.354 e. The van der Waals surface area contributed by atoms with Gasteiger partial charge in [0, 0.05) is 18.1 Å². The van der Waals surface area contributed by atoms with Gasteiger partial charge in [0.15, 0.2) is 0 Å². The molecule has 38 heavy (non-hydrogen) atoms. The van der Waals surface area contributed by atoms with Gasteiger partial charge in [-0.25, -0.2) is 12.8 Å². The zero-order chi connectivity index (χ0) is 27.7. The van der Waals surface area contributed by atoms with E-state index in [4.69, 9.17) is 11.6 Å². The van der Waals surface area contributed by atoms with E-state index in [0.29, 0.717) is 17.1 Å². The SMILES string of the molecule is CCCCNC(=O)[C@H](C)N(Cc1ccc(Cl)cc1)C(=O)CN(c1ccccc1F)S(=O)(=O)c1ccccc1. The average molecular weight is 560 g/mol. The lowest BCUT2D eigenvalue weighted by Crippen LogP contribution is -2.51. The first kappa shape index (κ1) is 29.1. The lowest BCUT2D eigenvalue weighted by atomic mass is 10.1. The van der Waals surface area contributed by atoms with E-state index in [2.05, 4.69) is 5.32 Å². The summed E-state index contributed by atoms with van der Waals surface area (Å²) in [5.41, 5.74) is 0.426. The van der Waals surface area contributed by atoms with Crippen molar-refractivity contribution in [2.45, 2.75) is 44.2 Å². The summed E-state index contributed by atoms with van der Waals surface area (Å²) < 4.78 is 42.8. The summed E-state index contributed by atoms with van der Waals surface area (Å²) in [6, 6.07) is 18.7. The van der Waals surface area contributed by atoms with E-state index in [1.807, 2.05) is 6.92 Å². The Morgan fingerprint density at radius 1 is 0.974 bits per heavy atom. The van der Waals surface area contributed by atoms with Crippen LogP contribution >= 0.6 is 11.6 Å². The minimum atomic E-state index is -4.32. The second-order valence-electron chi connectivity index (χ2n) is 8.74. The molecule has 0 saturated carbocycles. The molecule has 0 aliphatic heterocycles. The molecule has 2 amide bonds. The topological polar surface area (TPSA) is 86.8 Å². The molecule has 0 spiro atoms. The third-order valence-electron chi connectivity index (χ3n) is 5.99. The number of halogens is 2. The van der Waals surface area contributed by atoms with Crippen LogP contribution in [0.1, 0.15) is 32.3 Å². The number of rotatable bonds is 12. The fourth-order valence-corrected chi connectivity index (χ4v) is 5.36. The van der Waals surface area contributed by atoms with Crippen LogP contribution in [0, 0.1) is 5.82 Å². The Hall–Kier alpha value is -3.43. The zero-order valence-electron chi connectivity index (χ0n) is 21.3. The van der Waals surface area contributed by atoms with Crippen LogP contribution in [0.2, 0.25) is 5.02 Å². The van der Waals surface area contributed by atoms with Crippen LogP contribution in [0.4, 0.5) is 10.1 Å². The number of hydrogen-bond donors (Lipinski definition) is 1. The van der Waals surface area contributed by atoms with Gasteiger partial charge >= 0.3 is 0 Å². The molecule has 0 radical (unpaired) electrons. The van der Waals surface area contributed by atoms with Crippen molar-refractivity contribution in [2.75, 3.05) is 17.4 Å². The number of hydrogen-bond acceptors (Lipinski definition) is 4. The fraction of sp³-hybridized carbons (Fsp3) is 0.286. The molecule has 0 aromatic heterocycles. The molecular formula is C28H31ClFN3O4S. The summed E-state index contributed by atoms with van der Waals surface area (Å²) >= 11 is 6.00. The summed E-state index contributed by atoms with van der Waals surface area (Å²) in [6.07, 6.45) is 1.66. The van der Waals surface area contributed by atoms with Gasteiger partial charge in [0.2, 0.25) is 11.8 Å². The molecule has 3 aromatic carbocycles. The van der Waals surface area contributed by atoms with Crippen LogP contribution in [-0.2, 0) is 26.2 Å². The first-order valence-corrected chi connectivity index (χ1v) is 14.1. The van der Waals surface area contributed by atoms with E-state index in [9.17, 15) is 22.4 Å². The summed E-state index contributed by atoms with van der Waals surface area (Å²) in [5, 5.41) is 3.33. The van der Waals surface area contributed by atoms with E-state index in [0.717, 1.165) is 23.2 Å². The Balaban J connectivity index is 1.99. The van der Waals surface area contributed by atoms with Crippen LogP contribution in [0.15, 0.2) is 83.8 Å². The van der Waals surface area contributed by atoms with Gasteiger partial charge in [0.05, 0.1) is 10.6 Å².